The molecule has 0 saturated heterocycles. The summed E-state index contributed by atoms with van der Waals surface area (Å²) in [7, 11) is 0. The standard InChI is InChI=1S/C17H15Cl2NO2.K/c1-2-10-20(17-13(18)7-5-8-14(17)19)15-9-4-3-6-12(15)11-16(21)22;/h2-9H,1,10-11H2,(H,21,22);/q;+1/p-1. The Morgan fingerprint density at radius 1 is 1.13 bits per heavy atom. The van der Waals surface area contributed by atoms with Gasteiger partial charge in [0.1, 0.15) is 0 Å². The number of hydrogen-bond acceptors (Lipinski definition) is 3. The molecule has 0 aliphatic carbocycles. The Balaban J connectivity index is 0.00000264. The molecular weight excluding hydrogens is 360 g/mol. The molecule has 0 radical (unpaired) electrons. The molecule has 6 heteroatoms. The molecule has 2 rings (SSSR count). The molecule has 0 bridgehead atoms. The van der Waals surface area contributed by atoms with E-state index in [2.05, 4.69) is 6.58 Å². The average molecular weight is 374 g/mol. The predicted octanol–water partition coefficient (Wildman–Crippen LogP) is 0.614. The minimum absolute atomic E-state index is 0. The van der Waals surface area contributed by atoms with Crippen molar-refractivity contribution in [3.63, 3.8) is 0 Å². The molecule has 0 unspecified atom stereocenters. The van der Waals surface area contributed by atoms with Crippen LogP contribution in [-0.4, -0.2) is 12.5 Å². The van der Waals surface area contributed by atoms with Gasteiger partial charge in [-0.3, -0.25) is 0 Å². The molecule has 23 heavy (non-hydrogen) atoms. The summed E-state index contributed by atoms with van der Waals surface area (Å²) in [6.45, 7) is 4.18. The fourth-order valence-corrected chi connectivity index (χ4v) is 2.87. The van der Waals surface area contributed by atoms with Crippen molar-refractivity contribution in [3.8, 4) is 0 Å². The van der Waals surface area contributed by atoms with Crippen LogP contribution in [0.2, 0.25) is 10.0 Å². The number of carbonyl (C=O) groups excluding carboxylic acids is 1. The molecule has 0 N–H and O–H groups in total. The number of para-hydroxylation sites is 2. The summed E-state index contributed by atoms with van der Waals surface area (Å²) in [6.07, 6.45) is 1.52. The maximum atomic E-state index is 11.0. The van der Waals surface area contributed by atoms with Crippen LogP contribution < -0.4 is 61.4 Å². The number of hydrogen-bond donors (Lipinski definition) is 0. The Morgan fingerprint density at radius 3 is 2.30 bits per heavy atom. The smallest absolute Gasteiger partial charge is 0.550 e. The van der Waals surface area contributed by atoms with Gasteiger partial charge >= 0.3 is 51.4 Å². The summed E-state index contributed by atoms with van der Waals surface area (Å²) in [6, 6.07) is 12.4. The van der Waals surface area contributed by atoms with Crippen molar-refractivity contribution in [1.82, 2.24) is 0 Å². The van der Waals surface area contributed by atoms with Crippen molar-refractivity contribution in [2.24, 2.45) is 0 Å². The molecule has 0 aliphatic rings. The Hall–Kier alpha value is -0.334. The predicted molar refractivity (Wildman–Crippen MR) is 88.8 cm³/mol. The summed E-state index contributed by atoms with van der Waals surface area (Å²) in [5.74, 6) is -1.14. The molecule has 2 aromatic rings. The second kappa shape index (κ2) is 9.84. The first-order chi connectivity index (χ1) is 10.5. The van der Waals surface area contributed by atoms with E-state index in [0.29, 0.717) is 33.5 Å². The van der Waals surface area contributed by atoms with E-state index in [1.807, 2.05) is 17.0 Å². The summed E-state index contributed by atoms with van der Waals surface area (Å²) in [4.78, 5) is 12.8. The van der Waals surface area contributed by atoms with Gasteiger partial charge in [0.25, 0.3) is 0 Å². The molecule has 0 fully saturated rings. The van der Waals surface area contributed by atoms with Gasteiger partial charge in [-0.05, 0) is 23.8 Å². The van der Waals surface area contributed by atoms with Crippen molar-refractivity contribution in [2.45, 2.75) is 6.42 Å². The first kappa shape index (κ1) is 20.7. The molecule has 0 amide bonds. The van der Waals surface area contributed by atoms with Gasteiger partial charge in [0.2, 0.25) is 0 Å². The van der Waals surface area contributed by atoms with Gasteiger partial charge in [0.15, 0.2) is 0 Å². The fourth-order valence-electron chi connectivity index (χ4n) is 2.27. The first-order valence-corrected chi connectivity index (χ1v) is 7.40. The van der Waals surface area contributed by atoms with Crippen LogP contribution in [-0.2, 0) is 11.2 Å². The number of carbonyl (C=O) groups is 1. The third-order valence-corrected chi connectivity index (χ3v) is 3.75. The minimum Gasteiger partial charge on any atom is -0.550 e. The van der Waals surface area contributed by atoms with Crippen molar-refractivity contribution < 1.29 is 61.3 Å². The number of carboxylic acid groups (broad SMARTS) is 1. The first-order valence-electron chi connectivity index (χ1n) is 6.64. The van der Waals surface area contributed by atoms with Crippen LogP contribution in [0.4, 0.5) is 11.4 Å². The van der Waals surface area contributed by atoms with Gasteiger partial charge in [-0.1, -0.05) is 53.5 Å². The van der Waals surface area contributed by atoms with Gasteiger partial charge in [-0.2, -0.15) is 0 Å². The van der Waals surface area contributed by atoms with E-state index in [4.69, 9.17) is 23.2 Å². The van der Waals surface area contributed by atoms with E-state index in [1.165, 1.54) is 0 Å². The maximum Gasteiger partial charge on any atom is 1.00 e. The summed E-state index contributed by atoms with van der Waals surface area (Å²) in [5.41, 5.74) is 1.96. The molecule has 3 nitrogen and oxygen atoms in total. The minimum atomic E-state index is -1.14. The Bertz CT molecular complexity index is 686. The van der Waals surface area contributed by atoms with Crippen molar-refractivity contribution in [2.75, 3.05) is 11.4 Å². The van der Waals surface area contributed by atoms with E-state index < -0.39 is 5.97 Å². The van der Waals surface area contributed by atoms with Crippen LogP contribution in [0, 0.1) is 0 Å². The van der Waals surface area contributed by atoms with E-state index in [0.717, 1.165) is 0 Å². The number of rotatable bonds is 6. The zero-order valence-electron chi connectivity index (χ0n) is 12.8. The second-order valence-electron chi connectivity index (χ2n) is 4.65. The molecule has 0 aliphatic heterocycles. The van der Waals surface area contributed by atoms with Crippen molar-refractivity contribution in [3.05, 3.63) is 70.7 Å². The fraction of sp³-hybridized carbons (Fsp3) is 0.118. The van der Waals surface area contributed by atoms with Crippen LogP contribution in [0.5, 0.6) is 0 Å². The maximum absolute atomic E-state index is 11.0. The number of halogens is 2. The van der Waals surface area contributed by atoms with Gasteiger partial charge in [-0.25, -0.2) is 0 Å². The number of aliphatic carboxylic acids is 1. The van der Waals surface area contributed by atoms with Crippen LogP contribution in [0.3, 0.4) is 0 Å². The quantitative estimate of drug-likeness (QED) is 0.550. The Morgan fingerprint density at radius 2 is 1.74 bits per heavy atom. The van der Waals surface area contributed by atoms with E-state index in [1.54, 1.807) is 36.4 Å². The molecule has 0 aromatic heterocycles. The largest absolute Gasteiger partial charge is 1.00 e. The molecule has 2 aromatic carbocycles. The number of anilines is 2. The summed E-state index contributed by atoms with van der Waals surface area (Å²) >= 11 is 12.6. The molecule has 0 spiro atoms. The van der Waals surface area contributed by atoms with Crippen LogP contribution in [0.15, 0.2) is 55.1 Å². The molecule has 0 heterocycles. The molecular formula is C17H14Cl2KNO2. The Labute approximate surface area is 188 Å². The van der Waals surface area contributed by atoms with Gasteiger partial charge < -0.3 is 14.8 Å². The topological polar surface area (TPSA) is 43.4 Å². The third-order valence-electron chi connectivity index (χ3n) is 3.14. The SMILES string of the molecule is C=CCN(c1ccccc1CC(=O)[O-])c1c(Cl)cccc1Cl.[K+]. The van der Waals surface area contributed by atoms with Gasteiger partial charge in [0.05, 0.1) is 15.7 Å². The van der Waals surface area contributed by atoms with E-state index >= 15 is 0 Å². The number of nitrogens with zero attached hydrogens (tertiary/aromatic N) is 1. The average Bonchev–Trinajstić information content (AvgIpc) is 2.46. The van der Waals surface area contributed by atoms with Crippen LogP contribution in [0.1, 0.15) is 5.56 Å². The van der Waals surface area contributed by atoms with E-state index in [-0.39, 0.29) is 57.8 Å². The second-order valence-corrected chi connectivity index (χ2v) is 5.46. The molecule has 0 atom stereocenters. The zero-order valence-corrected chi connectivity index (χ0v) is 17.4. The number of carboxylic acids is 1. The number of benzene rings is 2. The third kappa shape index (κ3) is 5.33. The summed E-state index contributed by atoms with van der Waals surface area (Å²) in [5, 5.41) is 11.9. The van der Waals surface area contributed by atoms with Gasteiger partial charge in [-0.15, -0.1) is 6.58 Å². The monoisotopic (exact) mass is 373 g/mol. The van der Waals surface area contributed by atoms with Crippen LogP contribution in [0.25, 0.3) is 0 Å². The van der Waals surface area contributed by atoms with E-state index in [9.17, 15) is 9.90 Å². The van der Waals surface area contributed by atoms with Crippen LogP contribution >= 0.6 is 23.2 Å². The zero-order chi connectivity index (χ0) is 16.1. The van der Waals surface area contributed by atoms with Crippen molar-refractivity contribution >= 4 is 40.5 Å². The molecule has 114 valence electrons. The molecule has 0 saturated carbocycles. The van der Waals surface area contributed by atoms with Crippen molar-refractivity contribution in [1.29, 1.82) is 0 Å². The Kier molecular flexibility index (Phi) is 8.86. The van der Waals surface area contributed by atoms with Gasteiger partial charge in [0, 0.05) is 24.6 Å². The normalized spacial score (nSPS) is 9.83. The summed E-state index contributed by atoms with van der Waals surface area (Å²) < 4.78 is 0.